The van der Waals surface area contributed by atoms with E-state index >= 15 is 0 Å². The predicted molar refractivity (Wildman–Crippen MR) is 162 cm³/mol. The van der Waals surface area contributed by atoms with E-state index in [1.165, 1.54) is 36.7 Å². The molecular formula is C31H38F3N5O4S. The number of aryl methyl sites for hydroxylation is 1. The number of likely N-dealkylation sites (tertiary alicyclic amines) is 1. The van der Waals surface area contributed by atoms with Crippen LogP contribution >= 0.6 is 11.3 Å². The summed E-state index contributed by atoms with van der Waals surface area (Å²) in [5.41, 5.74) is 0.407. The fraction of sp³-hybridized carbons (Fsp3) is 0.516. The summed E-state index contributed by atoms with van der Waals surface area (Å²) < 4.78 is 46.6. The van der Waals surface area contributed by atoms with Gasteiger partial charge in [0, 0.05) is 43.2 Å². The second-order valence-corrected chi connectivity index (χ2v) is 12.3. The normalized spacial score (nSPS) is 17.9. The highest BCUT2D eigenvalue weighted by molar-refractivity contribution is 7.12. The van der Waals surface area contributed by atoms with Crippen LogP contribution in [-0.2, 0) is 28.7 Å². The number of ether oxygens (including phenoxy) is 1. The molecule has 2 aromatic heterocycles. The van der Waals surface area contributed by atoms with Gasteiger partial charge in [0.05, 0.1) is 42.6 Å². The molecule has 2 saturated heterocycles. The number of Topliss-reactive ketones (excluding diaryl/α,β-unsaturated/α-hetero) is 1. The van der Waals surface area contributed by atoms with Gasteiger partial charge in [-0.2, -0.15) is 13.2 Å². The zero-order valence-corrected chi connectivity index (χ0v) is 24.9. The Labute approximate surface area is 259 Å². The van der Waals surface area contributed by atoms with E-state index in [1.807, 2.05) is 4.90 Å². The number of anilines is 1. The molecule has 9 nitrogen and oxygen atoms in total. The molecule has 2 aliphatic rings. The van der Waals surface area contributed by atoms with Crippen LogP contribution in [-0.4, -0.2) is 76.1 Å². The van der Waals surface area contributed by atoms with Crippen molar-refractivity contribution >= 4 is 28.9 Å². The molecule has 0 spiro atoms. The smallest absolute Gasteiger partial charge is 0.416 e. The van der Waals surface area contributed by atoms with E-state index in [-0.39, 0.29) is 42.8 Å². The van der Waals surface area contributed by atoms with Gasteiger partial charge < -0.3 is 14.7 Å². The number of piperidine rings is 1. The van der Waals surface area contributed by atoms with Crippen LogP contribution in [0, 0.1) is 12.8 Å². The summed E-state index contributed by atoms with van der Waals surface area (Å²) in [6, 6.07) is 4.45. The number of rotatable bonds is 10. The first-order valence-electron chi connectivity index (χ1n) is 14.3. The molecule has 0 saturated carbocycles. The van der Waals surface area contributed by atoms with Crippen LogP contribution in [0.2, 0.25) is 0 Å². The molecule has 0 bridgehead atoms. The Morgan fingerprint density at radius 1 is 1.11 bits per heavy atom. The number of carboxylic acid groups (broad SMARTS) is 1. The number of hydrogen-bond donors (Lipinski definition) is 1. The van der Waals surface area contributed by atoms with Crippen LogP contribution in [0.4, 0.5) is 19.0 Å². The van der Waals surface area contributed by atoms with E-state index in [0.717, 1.165) is 30.3 Å². The number of hydrogen-bond acceptors (Lipinski definition) is 9. The highest BCUT2D eigenvalue weighted by Gasteiger charge is 2.33. The Hall–Kier alpha value is -3.42. The van der Waals surface area contributed by atoms with Crippen LogP contribution in [0.15, 0.2) is 30.6 Å². The Kier molecular flexibility index (Phi) is 10.7. The van der Waals surface area contributed by atoms with Crippen LogP contribution in [0.1, 0.15) is 64.6 Å². The average Bonchev–Trinajstić information content (AvgIpc) is 3.59. The molecule has 1 aromatic carbocycles. The zero-order valence-electron chi connectivity index (χ0n) is 24.1. The number of aliphatic carboxylic acids is 1. The lowest BCUT2D eigenvalue weighted by Crippen LogP contribution is -2.36. The maximum Gasteiger partial charge on any atom is 0.416 e. The fourth-order valence-electron chi connectivity index (χ4n) is 5.76. The molecule has 0 amide bonds. The molecule has 2 aliphatic heterocycles. The van der Waals surface area contributed by atoms with Gasteiger partial charge in [-0.1, -0.05) is 19.6 Å². The molecule has 5 rings (SSSR count). The van der Waals surface area contributed by atoms with Crippen molar-refractivity contribution in [1.29, 1.82) is 0 Å². The van der Waals surface area contributed by atoms with Crippen molar-refractivity contribution in [2.75, 3.05) is 38.3 Å². The summed E-state index contributed by atoms with van der Waals surface area (Å²) in [5, 5.41) is 9.71. The molecular weight excluding hydrogens is 595 g/mol. The number of thiazole rings is 1. The number of ketones is 1. The van der Waals surface area contributed by atoms with Gasteiger partial charge in [-0.25, -0.2) is 15.0 Å². The largest absolute Gasteiger partial charge is 0.481 e. The molecule has 2 fully saturated rings. The highest BCUT2D eigenvalue weighted by Crippen LogP contribution is 2.37. The third-order valence-electron chi connectivity index (χ3n) is 8.17. The minimum atomic E-state index is -4.50. The van der Waals surface area contributed by atoms with Crippen molar-refractivity contribution in [3.05, 3.63) is 57.3 Å². The van der Waals surface area contributed by atoms with E-state index in [1.54, 1.807) is 13.2 Å². The van der Waals surface area contributed by atoms with Crippen LogP contribution in [0.5, 0.6) is 0 Å². The summed E-state index contributed by atoms with van der Waals surface area (Å²) in [7, 11) is 1.65. The lowest BCUT2D eigenvalue weighted by molar-refractivity contribution is -0.142. The van der Waals surface area contributed by atoms with Gasteiger partial charge >= 0.3 is 12.1 Å². The van der Waals surface area contributed by atoms with E-state index in [2.05, 4.69) is 14.9 Å². The molecule has 13 heteroatoms. The van der Waals surface area contributed by atoms with Gasteiger partial charge in [0.2, 0.25) is 0 Å². The minimum Gasteiger partial charge on any atom is -0.481 e. The molecule has 1 N–H and O–H groups in total. The van der Waals surface area contributed by atoms with Crippen LogP contribution in [0.3, 0.4) is 0 Å². The maximum absolute atomic E-state index is 13.7. The number of methoxy groups -OCH3 is 1. The van der Waals surface area contributed by atoms with Crippen molar-refractivity contribution in [3.8, 4) is 11.3 Å². The number of aromatic nitrogens is 3. The van der Waals surface area contributed by atoms with Crippen molar-refractivity contribution in [2.24, 2.45) is 5.92 Å². The lowest BCUT2D eigenvalue weighted by atomic mass is 9.97. The Balaban J connectivity index is 0.00000442. The predicted octanol–water partition coefficient (Wildman–Crippen LogP) is 5.90. The molecule has 1 atom stereocenters. The third-order valence-corrected chi connectivity index (χ3v) is 9.21. The molecule has 238 valence electrons. The van der Waals surface area contributed by atoms with E-state index < -0.39 is 17.7 Å². The first-order valence-corrected chi connectivity index (χ1v) is 15.1. The van der Waals surface area contributed by atoms with Crippen molar-refractivity contribution < 1.29 is 32.6 Å². The van der Waals surface area contributed by atoms with Gasteiger partial charge in [-0.15, -0.1) is 11.3 Å². The molecule has 3 aromatic rings. The maximum atomic E-state index is 13.7. The summed E-state index contributed by atoms with van der Waals surface area (Å²) >= 11 is 1.33. The van der Waals surface area contributed by atoms with Crippen molar-refractivity contribution in [1.82, 2.24) is 19.9 Å². The monoisotopic (exact) mass is 633 g/mol. The number of benzene rings is 1. The van der Waals surface area contributed by atoms with Gasteiger partial charge in [0.1, 0.15) is 16.5 Å². The summed E-state index contributed by atoms with van der Waals surface area (Å²) in [6.07, 6.45) is 1.38. The van der Waals surface area contributed by atoms with E-state index in [4.69, 9.17) is 9.72 Å². The molecule has 44 heavy (non-hydrogen) atoms. The standard InChI is InChI=1S/C30H34F3N5O4S.CH4/c1-18-5-6-20(12-22(18)30(31,32)33)28-25(16-38-9-3-4-21(38)17-42-2)43-27(36-28)13-24(39)23-14-35-26(15-34-23)37-10-7-19(8-11-37)29(40)41;/h5-6,12,14-15,19,21H,3-4,7-11,13,16-17H2,1-2H3,(H,40,41);1H4/t21-;/m0./s1. The number of halogens is 3. The molecule has 0 aliphatic carbocycles. The van der Waals surface area contributed by atoms with Crippen LogP contribution < -0.4 is 4.90 Å². The highest BCUT2D eigenvalue weighted by atomic mass is 32.1. The quantitative estimate of drug-likeness (QED) is 0.273. The number of carbonyl (C=O) groups excluding carboxylic acids is 1. The van der Waals surface area contributed by atoms with Crippen molar-refractivity contribution in [3.63, 3.8) is 0 Å². The number of alkyl halides is 3. The minimum absolute atomic E-state index is 0. The SMILES string of the molecule is C.COC[C@@H]1CCCN1Cc1sc(CC(=O)c2cnc(N3CCC(C(=O)O)CC3)cn2)nc1-c1ccc(C)c(C(F)(F)F)c1. The van der Waals surface area contributed by atoms with E-state index in [0.29, 0.717) is 61.2 Å². The van der Waals surface area contributed by atoms with Gasteiger partial charge in [-0.3, -0.25) is 14.5 Å². The Morgan fingerprint density at radius 3 is 2.50 bits per heavy atom. The lowest BCUT2D eigenvalue weighted by Gasteiger charge is -2.30. The second kappa shape index (κ2) is 14.1. The molecule has 0 unspecified atom stereocenters. The topological polar surface area (TPSA) is 109 Å². The van der Waals surface area contributed by atoms with Gasteiger partial charge in [0.15, 0.2) is 5.78 Å². The third kappa shape index (κ3) is 7.62. The number of carbonyl (C=O) groups is 2. The average molecular weight is 634 g/mol. The van der Waals surface area contributed by atoms with Crippen LogP contribution in [0.25, 0.3) is 11.3 Å². The number of carboxylic acids is 1. The fourth-order valence-corrected chi connectivity index (χ4v) is 6.88. The first-order chi connectivity index (χ1) is 20.5. The zero-order chi connectivity index (χ0) is 30.7. The van der Waals surface area contributed by atoms with E-state index in [9.17, 15) is 27.9 Å². The molecule has 0 radical (unpaired) electrons. The van der Waals surface area contributed by atoms with Crippen molar-refractivity contribution in [2.45, 2.75) is 65.2 Å². The summed E-state index contributed by atoms with van der Waals surface area (Å²) in [4.78, 5) is 42.8. The van der Waals surface area contributed by atoms with Gasteiger partial charge in [0.25, 0.3) is 0 Å². The molecule has 4 heterocycles. The number of nitrogens with zero attached hydrogens (tertiary/aromatic N) is 5. The summed E-state index contributed by atoms with van der Waals surface area (Å²) in [5.74, 6) is -0.878. The second-order valence-electron chi connectivity index (χ2n) is 11.1. The Morgan fingerprint density at radius 2 is 1.86 bits per heavy atom. The Bertz CT molecular complexity index is 1460. The van der Waals surface area contributed by atoms with Gasteiger partial charge in [-0.05, 0) is 50.8 Å². The summed E-state index contributed by atoms with van der Waals surface area (Å²) in [6.45, 7) is 4.42. The first kappa shape index (κ1) is 33.5.